The van der Waals surface area contributed by atoms with Crippen LogP contribution in [0.15, 0.2) is 29.0 Å². The molecule has 0 saturated carbocycles. The Bertz CT molecular complexity index is 1110. The van der Waals surface area contributed by atoms with Crippen molar-refractivity contribution in [1.29, 1.82) is 0 Å². The summed E-state index contributed by atoms with van der Waals surface area (Å²) in [6.45, 7) is 0. The lowest BCUT2D eigenvalue weighted by molar-refractivity contribution is 0.103. The van der Waals surface area contributed by atoms with E-state index < -0.39 is 0 Å². The molecule has 0 saturated heterocycles. The molecule has 0 fully saturated rings. The zero-order valence-electron chi connectivity index (χ0n) is 12.3. The number of rotatable bonds is 3. The van der Waals surface area contributed by atoms with Crippen LogP contribution in [0, 0.1) is 0 Å². The molecule has 0 radical (unpaired) electrons. The van der Waals surface area contributed by atoms with Gasteiger partial charge in [-0.3, -0.25) is 9.59 Å². The van der Waals surface area contributed by atoms with Gasteiger partial charge in [0.1, 0.15) is 0 Å². The SMILES string of the molecule is O=Cc1ccsc1Cc1cc2sc3c(c2s1)C(=O)c1ccsc1C3. The molecule has 0 spiro atoms. The van der Waals surface area contributed by atoms with Crippen molar-refractivity contribution in [3.05, 3.63) is 65.2 Å². The average molecular weight is 387 g/mol. The first kappa shape index (κ1) is 14.7. The first-order chi connectivity index (χ1) is 11.7. The van der Waals surface area contributed by atoms with E-state index in [1.165, 1.54) is 19.3 Å². The molecule has 1 aliphatic carbocycles. The molecule has 4 heterocycles. The van der Waals surface area contributed by atoms with Crippen molar-refractivity contribution in [3.8, 4) is 0 Å². The second kappa shape index (κ2) is 5.46. The minimum absolute atomic E-state index is 0.178. The van der Waals surface area contributed by atoms with Crippen LogP contribution in [0.3, 0.4) is 0 Å². The normalized spacial score (nSPS) is 13.2. The fourth-order valence-electron chi connectivity index (χ4n) is 3.14. The number of hydrogen-bond donors (Lipinski definition) is 0. The molecule has 118 valence electrons. The third-order valence-electron chi connectivity index (χ3n) is 4.27. The van der Waals surface area contributed by atoms with Gasteiger partial charge in [-0.15, -0.1) is 45.3 Å². The first-order valence-corrected chi connectivity index (χ1v) is 10.8. The summed E-state index contributed by atoms with van der Waals surface area (Å²) in [5, 5.41) is 3.96. The summed E-state index contributed by atoms with van der Waals surface area (Å²) in [7, 11) is 0. The largest absolute Gasteiger partial charge is 0.298 e. The highest BCUT2D eigenvalue weighted by Gasteiger charge is 2.29. The van der Waals surface area contributed by atoms with Crippen LogP contribution in [0.25, 0.3) is 9.40 Å². The summed E-state index contributed by atoms with van der Waals surface area (Å²) < 4.78 is 2.32. The lowest BCUT2D eigenvalue weighted by Gasteiger charge is -2.10. The fourth-order valence-corrected chi connectivity index (χ4v) is 7.78. The molecular weight excluding hydrogens is 376 g/mol. The van der Waals surface area contributed by atoms with E-state index in [9.17, 15) is 9.59 Å². The highest BCUT2D eigenvalue weighted by Crippen LogP contribution is 2.44. The molecule has 4 aromatic rings. The van der Waals surface area contributed by atoms with Crippen LogP contribution >= 0.6 is 45.3 Å². The number of fused-ring (bicyclic) bond motifs is 4. The molecule has 0 atom stereocenters. The summed E-state index contributed by atoms with van der Waals surface area (Å²) in [4.78, 5) is 28.6. The minimum Gasteiger partial charge on any atom is -0.298 e. The molecule has 0 bridgehead atoms. The smallest absolute Gasteiger partial charge is 0.196 e. The van der Waals surface area contributed by atoms with E-state index >= 15 is 0 Å². The second-order valence-electron chi connectivity index (χ2n) is 5.66. The highest BCUT2D eigenvalue weighted by molar-refractivity contribution is 7.28. The summed E-state index contributed by atoms with van der Waals surface area (Å²) in [5.74, 6) is 0.178. The van der Waals surface area contributed by atoms with Crippen molar-refractivity contribution < 1.29 is 9.59 Å². The molecular formula is C18H10O2S4. The number of aldehydes is 1. The van der Waals surface area contributed by atoms with Crippen molar-refractivity contribution in [2.45, 2.75) is 12.8 Å². The monoisotopic (exact) mass is 386 g/mol. The van der Waals surface area contributed by atoms with Gasteiger partial charge in [-0.05, 0) is 29.0 Å². The van der Waals surface area contributed by atoms with Gasteiger partial charge in [-0.25, -0.2) is 0 Å². The van der Waals surface area contributed by atoms with Gasteiger partial charge in [0, 0.05) is 48.2 Å². The molecule has 0 aromatic carbocycles. The Hall–Kier alpha value is -1.60. The molecule has 24 heavy (non-hydrogen) atoms. The van der Waals surface area contributed by atoms with Gasteiger partial charge in [-0.1, -0.05) is 0 Å². The van der Waals surface area contributed by atoms with Crippen LogP contribution in [0.4, 0.5) is 0 Å². The first-order valence-electron chi connectivity index (χ1n) is 7.41. The topological polar surface area (TPSA) is 34.1 Å². The molecule has 6 heteroatoms. The van der Waals surface area contributed by atoms with Crippen LogP contribution in [0.5, 0.6) is 0 Å². The lowest BCUT2D eigenvalue weighted by Crippen LogP contribution is -2.09. The fraction of sp³-hybridized carbons (Fsp3) is 0.111. The molecule has 2 nitrogen and oxygen atoms in total. The third-order valence-corrected chi connectivity index (χ3v) is 8.54. The van der Waals surface area contributed by atoms with Gasteiger partial charge in [-0.2, -0.15) is 0 Å². The van der Waals surface area contributed by atoms with E-state index in [2.05, 4.69) is 6.07 Å². The molecule has 0 unspecified atom stereocenters. The summed E-state index contributed by atoms with van der Waals surface area (Å²) >= 11 is 6.73. The van der Waals surface area contributed by atoms with E-state index in [4.69, 9.17) is 0 Å². The minimum atomic E-state index is 0.178. The van der Waals surface area contributed by atoms with E-state index in [1.807, 2.05) is 22.9 Å². The van der Waals surface area contributed by atoms with Gasteiger partial charge in [0.2, 0.25) is 0 Å². The van der Waals surface area contributed by atoms with Crippen molar-refractivity contribution in [2.75, 3.05) is 0 Å². The number of carbonyl (C=O) groups excluding carboxylic acids is 2. The van der Waals surface area contributed by atoms with Crippen molar-refractivity contribution >= 4 is 66.8 Å². The van der Waals surface area contributed by atoms with Crippen LogP contribution in [-0.4, -0.2) is 12.1 Å². The van der Waals surface area contributed by atoms with Gasteiger partial charge in [0.15, 0.2) is 12.1 Å². The van der Waals surface area contributed by atoms with Crippen LogP contribution in [-0.2, 0) is 12.8 Å². The van der Waals surface area contributed by atoms with Crippen molar-refractivity contribution in [3.63, 3.8) is 0 Å². The molecule has 0 N–H and O–H groups in total. The van der Waals surface area contributed by atoms with Gasteiger partial charge in [0.25, 0.3) is 0 Å². The summed E-state index contributed by atoms with van der Waals surface area (Å²) in [5.41, 5.74) is 2.57. The number of hydrogen-bond acceptors (Lipinski definition) is 6. The lowest BCUT2D eigenvalue weighted by atomic mass is 9.96. The standard InChI is InChI=1S/C18H10O2S4/c19-8-9-1-3-21-12(9)5-10-6-15-18(23-10)16-14(24-15)7-13-11(17(16)20)2-4-22-13/h1-4,6,8H,5,7H2. The Morgan fingerprint density at radius 1 is 1.08 bits per heavy atom. The second-order valence-corrected chi connectivity index (χ2v) is 9.94. The Morgan fingerprint density at radius 3 is 2.83 bits per heavy atom. The Balaban J connectivity index is 1.58. The molecule has 0 amide bonds. The molecule has 5 rings (SSSR count). The quantitative estimate of drug-likeness (QED) is 0.377. The molecule has 4 aromatic heterocycles. The number of carbonyl (C=O) groups is 2. The van der Waals surface area contributed by atoms with E-state index in [-0.39, 0.29) is 5.78 Å². The van der Waals surface area contributed by atoms with E-state index in [1.54, 1.807) is 45.3 Å². The Kier molecular flexibility index (Phi) is 3.35. The Morgan fingerprint density at radius 2 is 1.96 bits per heavy atom. The average Bonchev–Trinajstić information content (AvgIpc) is 3.30. The van der Waals surface area contributed by atoms with Crippen molar-refractivity contribution in [1.82, 2.24) is 0 Å². The third kappa shape index (κ3) is 2.10. The number of thiophene rings is 4. The zero-order chi connectivity index (χ0) is 16.3. The van der Waals surface area contributed by atoms with Crippen LogP contribution < -0.4 is 0 Å². The van der Waals surface area contributed by atoms with Crippen LogP contribution in [0.2, 0.25) is 0 Å². The predicted octanol–water partition coefficient (Wildman–Crippen LogP) is 5.62. The van der Waals surface area contributed by atoms with Gasteiger partial charge >= 0.3 is 0 Å². The molecule has 0 aliphatic heterocycles. The van der Waals surface area contributed by atoms with E-state index in [0.29, 0.717) is 0 Å². The maximum atomic E-state index is 12.8. The van der Waals surface area contributed by atoms with Crippen LogP contribution in [0.1, 0.15) is 45.8 Å². The predicted molar refractivity (Wildman–Crippen MR) is 103 cm³/mol. The molecule has 1 aliphatic rings. The maximum absolute atomic E-state index is 12.8. The maximum Gasteiger partial charge on any atom is 0.196 e. The summed E-state index contributed by atoms with van der Waals surface area (Å²) in [6, 6.07) is 6.01. The van der Waals surface area contributed by atoms with E-state index in [0.717, 1.165) is 45.4 Å². The van der Waals surface area contributed by atoms with Crippen molar-refractivity contribution in [2.24, 2.45) is 0 Å². The Labute approximate surface area is 154 Å². The van der Waals surface area contributed by atoms with Gasteiger partial charge < -0.3 is 0 Å². The van der Waals surface area contributed by atoms with Gasteiger partial charge in [0.05, 0.1) is 10.3 Å². The zero-order valence-corrected chi connectivity index (χ0v) is 15.6. The highest BCUT2D eigenvalue weighted by atomic mass is 32.1. The number of ketones is 1. The summed E-state index contributed by atoms with van der Waals surface area (Å²) in [6.07, 6.45) is 2.57.